The summed E-state index contributed by atoms with van der Waals surface area (Å²) in [7, 11) is 0. The van der Waals surface area contributed by atoms with Gasteiger partial charge < -0.3 is 24.3 Å². The maximum Gasteiger partial charge on any atom is 0.303 e. The van der Waals surface area contributed by atoms with Crippen LogP contribution >= 0.6 is 0 Å². The molecule has 0 aliphatic carbocycles. The Morgan fingerprint density at radius 2 is 1.73 bits per heavy atom. The Hall–Kier alpha value is -2.87. The summed E-state index contributed by atoms with van der Waals surface area (Å²) < 4.78 is 21.5. The molecule has 1 aromatic carbocycles. The summed E-state index contributed by atoms with van der Waals surface area (Å²) >= 11 is 0. The quantitative estimate of drug-likeness (QED) is 0.607. The van der Waals surface area contributed by atoms with E-state index < -0.39 is 30.4 Å². The first kappa shape index (κ1) is 19.5. The maximum atomic E-state index is 11.2. The van der Waals surface area contributed by atoms with Crippen LogP contribution in [-0.2, 0) is 28.6 Å². The molecule has 26 heavy (non-hydrogen) atoms. The number of ether oxygens (including phenoxy) is 4. The largest absolute Gasteiger partial charge is 0.463 e. The average molecular weight is 363 g/mol. The lowest BCUT2D eigenvalue weighted by atomic mass is 10.1. The molecule has 0 fully saturated rings. The van der Waals surface area contributed by atoms with E-state index >= 15 is 0 Å². The number of esters is 2. The van der Waals surface area contributed by atoms with Gasteiger partial charge >= 0.3 is 11.9 Å². The average Bonchev–Trinajstić information content (AvgIpc) is 2.55. The molecule has 2 rings (SSSR count). The van der Waals surface area contributed by atoms with E-state index in [1.54, 1.807) is 36.4 Å². The van der Waals surface area contributed by atoms with Crippen molar-refractivity contribution in [2.45, 2.75) is 39.3 Å². The fraction of sp³-hybridized carbons (Fsp3) is 0.389. The van der Waals surface area contributed by atoms with Gasteiger partial charge in [0.15, 0.2) is 0 Å². The third-order valence-corrected chi connectivity index (χ3v) is 3.31. The van der Waals surface area contributed by atoms with Crippen LogP contribution in [0.15, 0.2) is 36.4 Å². The molecule has 8 nitrogen and oxygen atoms in total. The zero-order chi connectivity index (χ0) is 19.1. The molecule has 0 spiro atoms. The van der Waals surface area contributed by atoms with Crippen molar-refractivity contribution in [2.24, 2.45) is 0 Å². The van der Waals surface area contributed by atoms with Gasteiger partial charge in [0.25, 0.3) is 0 Å². The Labute approximate surface area is 151 Å². The van der Waals surface area contributed by atoms with Gasteiger partial charge in [-0.1, -0.05) is 0 Å². The van der Waals surface area contributed by atoms with Gasteiger partial charge in [0, 0.05) is 26.5 Å². The molecule has 0 unspecified atom stereocenters. The lowest BCUT2D eigenvalue weighted by molar-refractivity contribution is -0.178. The topological polar surface area (TPSA) is 100 Å². The van der Waals surface area contributed by atoms with Crippen molar-refractivity contribution >= 4 is 23.5 Å². The highest BCUT2D eigenvalue weighted by molar-refractivity contribution is 5.88. The maximum absolute atomic E-state index is 11.2. The molecule has 1 aliphatic rings. The van der Waals surface area contributed by atoms with Crippen LogP contribution in [0.2, 0.25) is 0 Å². The Kier molecular flexibility index (Phi) is 6.74. The van der Waals surface area contributed by atoms with E-state index in [2.05, 4.69) is 5.32 Å². The Balaban J connectivity index is 2.01. The number of amides is 1. The zero-order valence-corrected chi connectivity index (χ0v) is 14.8. The van der Waals surface area contributed by atoms with Gasteiger partial charge in [-0.2, -0.15) is 0 Å². The van der Waals surface area contributed by atoms with E-state index in [0.717, 1.165) is 0 Å². The Morgan fingerprint density at radius 1 is 1.04 bits per heavy atom. The molecule has 1 aliphatic heterocycles. The number of hydrogen-bond donors (Lipinski definition) is 1. The summed E-state index contributed by atoms with van der Waals surface area (Å²) in [6, 6.07) is 6.76. The number of nitrogens with one attached hydrogen (secondary N) is 1. The predicted molar refractivity (Wildman–Crippen MR) is 91.4 cm³/mol. The first-order chi connectivity index (χ1) is 12.3. The van der Waals surface area contributed by atoms with Crippen molar-refractivity contribution in [1.82, 2.24) is 0 Å². The molecule has 1 heterocycles. The highest BCUT2D eigenvalue weighted by atomic mass is 16.7. The number of benzene rings is 1. The summed E-state index contributed by atoms with van der Waals surface area (Å²) in [4.78, 5) is 33.3. The summed E-state index contributed by atoms with van der Waals surface area (Å²) in [6.45, 7) is 3.92. The number of hydrogen-bond acceptors (Lipinski definition) is 7. The molecule has 1 amide bonds. The van der Waals surface area contributed by atoms with E-state index in [0.29, 0.717) is 11.4 Å². The molecule has 0 saturated carbocycles. The van der Waals surface area contributed by atoms with Crippen LogP contribution in [0, 0.1) is 0 Å². The van der Waals surface area contributed by atoms with Gasteiger partial charge in [-0.05, 0) is 36.4 Å². The minimum atomic E-state index is -0.742. The molecule has 0 bridgehead atoms. The summed E-state index contributed by atoms with van der Waals surface area (Å²) in [5.41, 5.74) is 0.646. The van der Waals surface area contributed by atoms with Crippen molar-refractivity contribution in [3.63, 3.8) is 0 Å². The summed E-state index contributed by atoms with van der Waals surface area (Å²) in [5.74, 6) is -0.576. The van der Waals surface area contributed by atoms with Crippen molar-refractivity contribution in [3.8, 4) is 5.75 Å². The second kappa shape index (κ2) is 9.00. The van der Waals surface area contributed by atoms with Gasteiger partial charge in [-0.25, -0.2) is 0 Å². The van der Waals surface area contributed by atoms with Gasteiger partial charge in [0.05, 0.1) is 0 Å². The molecule has 1 aromatic rings. The third kappa shape index (κ3) is 6.21. The minimum absolute atomic E-state index is 0.0705. The molecular weight excluding hydrogens is 342 g/mol. The molecule has 8 heteroatoms. The van der Waals surface area contributed by atoms with Crippen LogP contribution in [0.4, 0.5) is 5.69 Å². The van der Waals surface area contributed by atoms with E-state index in [9.17, 15) is 14.4 Å². The van der Waals surface area contributed by atoms with Crippen molar-refractivity contribution < 1.29 is 33.3 Å². The highest BCUT2D eigenvalue weighted by Gasteiger charge is 2.31. The molecular formula is C18H21NO7. The SMILES string of the molecule is CC(=O)Nc1ccc(O[C@@H]2C=C[C@@H](OC(C)=O)[C@@H](COC(C)=O)O2)cc1. The lowest BCUT2D eigenvalue weighted by Crippen LogP contribution is -2.42. The van der Waals surface area contributed by atoms with Gasteiger partial charge in [0.2, 0.25) is 12.2 Å². The second-order valence-corrected chi connectivity index (χ2v) is 5.63. The highest BCUT2D eigenvalue weighted by Crippen LogP contribution is 2.22. The van der Waals surface area contributed by atoms with Crippen LogP contribution in [-0.4, -0.2) is 43.0 Å². The number of anilines is 1. The zero-order valence-electron chi connectivity index (χ0n) is 14.8. The Bertz CT molecular complexity index is 683. The smallest absolute Gasteiger partial charge is 0.303 e. The second-order valence-electron chi connectivity index (χ2n) is 5.63. The number of carbonyl (C=O) groups is 3. The minimum Gasteiger partial charge on any atom is -0.463 e. The fourth-order valence-electron chi connectivity index (χ4n) is 2.28. The standard InChI is InChI=1S/C18H21NO7/c1-11(20)19-14-4-6-15(7-5-14)25-18-9-8-16(24-13(3)22)17(26-18)10-23-12(2)21/h4-9,16-18H,10H2,1-3H3,(H,19,20)/t16-,17-,18+/m1/s1. The molecule has 0 radical (unpaired) electrons. The van der Waals surface area contributed by atoms with E-state index in [4.69, 9.17) is 18.9 Å². The first-order valence-corrected chi connectivity index (χ1v) is 8.02. The fourth-order valence-corrected chi connectivity index (χ4v) is 2.28. The molecule has 0 saturated heterocycles. The van der Waals surface area contributed by atoms with Crippen LogP contribution in [0.5, 0.6) is 5.75 Å². The molecule has 140 valence electrons. The van der Waals surface area contributed by atoms with Gasteiger partial charge in [-0.3, -0.25) is 14.4 Å². The molecule has 1 N–H and O–H groups in total. The number of rotatable bonds is 6. The van der Waals surface area contributed by atoms with Crippen molar-refractivity contribution in [3.05, 3.63) is 36.4 Å². The summed E-state index contributed by atoms with van der Waals surface area (Å²) in [6.07, 6.45) is 1.15. The van der Waals surface area contributed by atoms with Crippen LogP contribution in [0.1, 0.15) is 20.8 Å². The molecule has 0 aromatic heterocycles. The first-order valence-electron chi connectivity index (χ1n) is 8.02. The van der Waals surface area contributed by atoms with E-state index in [1.165, 1.54) is 20.8 Å². The van der Waals surface area contributed by atoms with Gasteiger partial charge in [0.1, 0.15) is 24.6 Å². The van der Waals surface area contributed by atoms with Crippen LogP contribution < -0.4 is 10.1 Å². The normalized spacial score (nSPS) is 21.6. The van der Waals surface area contributed by atoms with E-state index in [-0.39, 0.29) is 12.5 Å². The summed E-state index contributed by atoms with van der Waals surface area (Å²) in [5, 5.41) is 2.66. The predicted octanol–water partition coefficient (Wildman–Crippen LogP) is 1.80. The van der Waals surface area contributed by atoms with Crippen LogP contribution in [0.25, 0.3) is 0 Å². The molecule has 3 atom stereocenters. The van der Waals surface area contributed by atoms with Crippen LogP contribution in [0.3, 0.4) is 0 Å². The van der Waals surface area contributed by atoms with Crippen molar-refractivity contribution in [2.75, 3.05) is 11.9 Å². The van der Waals surface area contributed by atoms with E-state index in [1.807, 2.05) is 0 Å². The van der Waals surface area contributed by atoms with Gasteiger partial charge in [-0.15, -0.1) is 0 Å². The number of carbonyl (C=O) groups excluding carboxylic acids is 3. The van der Waals surface area contributed by atoms with Crippen molar-refractivity contribution in [1.29, 1.82) is 0 Å². The third-order valence-electron chi connectivity index (χ3n) is 3.31. The Morgan fingerprint density at radius 3 is 2.31 bits per heavy atom. The lowest BCUT2D eigenvalue weighted by Gasteiger charge is -2.31. The monoisotopic (exact) mass is 363 g/mol.